The quantitative estimate of drug-likeness (QED) is 0.341. The first-order chi connectivity index (χ1) is 15.5. The van der Waals surface area contributed by atoms with Crippen LogP contribution in [0.25, 0.3) is 20.8 Å². The Kier molecular flexibility index (Phi) is 7.05. The van der Waals surface area contributed by atoms with Gasteiger partial charge in [0.05, 0.1) is 17.3 Å². The number of thiazole rings is 1. The molecule has 1 aliphatic rings. The van der Waals surface area contributed by atoms with Crippen molar-refractivity contribution in [2.24, 2.45) is 0 Å². The first-order valence-electron chi connectivity index (χ1n) is 10.7. The second-order valence-electron chi connectivity index (χ2n) is 8.19. The fraction of sp³-hybridized carbons (Fsp3) is 0.280. The second kappa shape index (κ2) is 9.81. The lowest BCUT2D eigenvalue weighted by molar-refractivity contribution is 0.102. The number of thiophene rings is 1. The van der Waals surface area contributed by atoms with Crippen LogP contribution in [0, 0.1) is 0 Å². The molecule has 172 valence electrons. The van der Waals surface area contributed by atoms with E-state index in [0.29, 0.717) is 11.6 Å². The Bertz CT molecular complexity index is 1250. The van der Waals surface area contributed by atoms with Crippen LogP contribution in [0.5, 0.6) is 5.75 Å². The van der Waals surface area contributed by atoms with Gasteiger partial charge in [-0.05, 0) is 62.2 Å². The van der Waals surface area contributed by atoms with Crippen molar-refractivity contribution >= 4 is 56.2 Å². The Morgan fingerprint density at radius 2 is 1.88 bits per heavy atom. The molecule has 8 heteroatoms. The molecule has 5 rings (SSSR count). The van der Waals surface area contributed by atoms with Crippen molar-refractivity contribution in [3.05, 3.63) is 64.5 Å². The molecule has 0 spiro atoms. The summed E-state index contributed by atoms with van der Waals surface area (Å²) in [5.41, 5.74) is 4.03. The van der Waals surface area contributed by atoms with E-state index in [1.54, 1.807) is 41.9 Å². The Morgan fingerprint density at radius 3 is 2.58 bits per heavy atom. The number of halogens is 1. The van der Waals surface area contributed by atoms with Crippen LogP contribution in [0.15, 0.2) is 48.5 Å². The summed E-state index contributed by atoms with van der Waals surface area (Å²) in [5, 5.41) is 5.06. The van der Waals surface area contributed by atoms with Crippen LogP contribution >= 0.6 is 35.1 Å². The molecule has 0 radical (unpaired) electrons. The molecule has 2 aromatic carbocycles. The minimum Gasteiger partial charge on any atom is -0.497 e. The lowest BCUT2D eigenvalue weighted by Crippen LogP contribution is -2.35. The Morgan fingerprint density at radius 1 is 1.12 bits per heavy atom. The number of carbonyl (C=O) groups excluding carboxylic acids is 1. The fourth-order valence-corrected chi connectivity index (χ4v) is 6.45. The van der Waals surface area contributed by atoms with Gasteiger partial charge >= 0.3 is 0 Å². The highest BCUT2D eigenvalue weighted by Gasteiger charge is 2.28. The van der Waals surface area contributed by atoms with Crippen LogP contribution in [0.2, 0.25) is 0 Å². The number of amides is 1. The van der Waals surface area contributed by atoms with Crippen LogP contribution in [0.4, 0.5) is 5.00 Å². The Balaban J connectivity index is 0.00000259. The fourth-order valence-electron chi connectivity index (χ4n) is 4.08. The molecule has 0 saturated carbocycles. The number of nitrogens with one attached hydrogen (secondary N) is 1. The van der Waals surface area contributed by atoms with E-state index in [-0.39, 0.29) is 18.3 Å². The normalized spacial score (nSPS) is 13.6. The molecule has 0 saturated heterocycles. The van der Waals surface area contributed by atoms with Gasteiger partial charge in [-0.2, -0.15) is 0 Å². The lowest BCUT2D eigenvalue weighted by Gasteiger charge is -2.30. The number of anilines is 1. The van der Waals surface area contributed by atoms with E-state index in [9.17, 15) is 4.79 Å². The molecular weight excluding hydrogens is 474 g/mol. The molecule has 33 heavy (non-hydrogen) atoms. The van der Waals surface area contributed by atoms with Crippen molar-refractivity contribution in [2.75, 3.05) is 19.0 Å². The van der Waals surface area contributed by atoms with E-state index >= 15 is 0 Å². The molecule has 1 aliphatic heterocycles. The highest BCUT2D eigenvalue weighted by molar-refractivity contribution is 7.23. The number of ether oxygens (including phenoxy) is 1. The third-order valence-electron chi connectivity index (χ3n) is 5.90. The topological polar surface area (TPSA) is 54.5 Å². The molecule has 1 amide bonds. The highest BCUT2D eigenvalue weighted by atomic mass is 35.5. The van der Waals surface area contributed by atoms with Gasteiger partial charge < -0.3 is 10.1 Å². The SMILES string of the molecule is COc1ccc(C(=O)Nc2sc3c(c2-c2nc4ccccc4s2)CCN(C(C)C)C3)cc1.Cl. The number of para-hydroxylation sites is 1. The number of fused-ring (bicyclic) bond motifs is 2. The zero-order chi connectivity index (χ0) is 22.2. The number of benzene rings is 2. The molecule has 0 bridgehead atoms. The summed E-state index contributed by atoms with van der Waals surface area (Å²) in [5.74, 6) is 0.617. The van der Waals surface area contributed by atoms with Crippen LogP contribution in [0.3, 0.4) is 0 Å². The van der Waals surface area contributed by atoms with Crippen molar-refractivity contribution in [1.82, 2.24) is 9.88 Å². The van der Waals surface area contributed by atoms with E-state index in [1.165, 1.54) is 10.4 Å². The monoisotopic (exact) mass is 499 g/mol. The van der Waals surface area contributed by atoms with E-state index in [0.717, 1.165) is 51.0 Å². The van der Waals surface area contributed by atoms with Gasteiger partial charge in [0.2, 0.25) is 0 Å². The van der Waals surface area contributed by atoms with E-state index in [2.05, 4.69) is 30.1 Å². The maximum Gasteiger partial charge on any atom is 0.256 e. The molecule has 0 atom stereocenters. The van der Waals surface area contributed by atoms with Crippen LogP contribution in [-0.4, -0.2) is 35.5 Å². The van der Waals surface area contributed by atoms with Gasteiger partial charge in [-0.3, -0.25) is 9.69 Å². The summed E-state index contributed by atoms with van der Waals surface area (Å²) in [7, 11) is 1.62. The van der Waals surface area contributed by atoms with Gasteiger partial charge in [0.25, 0.3) is 5.91 Å². The van der Waals surface area contributed by atoms with Gasteiger partial charge in [0, 0.05) is 35.1 Å². The summed E-state index contributed by atoms with van der Waals surface area (Å²) in [6.07, 6.45) is 0.966. The summed E-state index contributed by atoms with van der Waals surface area (Å²) in [6, 6.07) is 15.9. The highest BCUT2D eigenvalue weighted by Crippen LogP contribution is 2.46. The smallest absolute Gasteiger partial charge is 0.256 e. The standard InChI is InChI=1S/C25H25N3O2S2.ClH/c1-15(2)28-13-12-18-21(14-28)32-25(27-23(29)16-8-10-17(30-3)11-9-16)22(18)24-26-19-6-4-5-7-20(19)31-24;/h4-11,15H,12-14H2,1-3H3,(H,27,29);1H. The van der Waals surface area contributed by atoms with Crippen LogP contribution < -0.4 is 10.1 Å². The molecule has 1 N–H and O–H groups in total. The zero-order valence-corrected chi connectivity index (χ0v) is 21.2. The number of aromatic nitrogens is 1. The molecule has 2 aromatic heterocycles. The number of methoxy groups -OCH3 is 1. The summed E-state index contributed by atoms with van der Waals surface area (Å²) < 4.78 is 6.38. The van der Waals surface area contributed by atoms with Crippen molar-refractivity contribution in [2.45, 2.75) is 32.9 Å². The van der Waals surface area contributed by atoms with Crippen molar-refractivity contribution < 1.29 is 9.53 Å². The molecule has 4 aromatic rings. The molecule has 0 unspecified atom stereocenters. The molecule has 0 aliphatic carbocycles. The van der Waals surface area contributed by atoms with E-state index in [4.69, 9.17) is 9.72 Å². The number of hydrogen-bond donors (Lipinski definition) is 1. The van der Waals surface area contributed by atoms with Gasteiger partial charge in [-0.1, -0.05) is 12.1 Å². The minimum atomic E-state index is -0.116. The predicted molar refractivity (Wildman–Crippen MR) is 140 cm³/mol. The van der Waals surface area contributed by atoms with Crippen molar-refractivity contribution in [1.29, 1.82) is 0 Å². The molecule has 3 heterocycles. The van der Waals surface area contributed by atoms with E-state index in [1.807, 2.05) is 30.3 Å². The summed E-state index contributed by atoms with van der Waals surface area (Å²) in [4.78, 5) is 21.8. The lowest BCUT2D eigenvalue weighted by atomic mass is 10.0. The second-order valence-corrected chi connectivity index (χ2v) is 10.3. The third-order valence-corrected chi connectivity index (χ3v) is 8.09. The average Bonchev–Trinajstić information content (AvgIpc) is 3.38. The van der Waals surface area contributed by atoms with E-state index < -0.39 is 0 Å². The number of rotatable bonds is 5. The number of carbonyl (C=O) groups is 1. The third kappa shape index (κ3) is 4.64. The van der Waals surface area contributed by atoms with Crippen LogP contribution in [-0.2, 0) is 13.0 Å². The average molecular weight is 500 g/mol. The molecule has 0 fully saturated rings. The first kappa shape index (κ1) is 23.7. The maximum atomic E-state index is 13.1. The van der Waals surface area contributed by atoms with Crippen molar-refractivity contribution in [3.63, 3.8) is 0 Å². The van der Waals surface area contributed by atoms with Gasteiger partial charge in [0.15, 0.2) is 0 Å². The van der Waals surface area contributed by atoms with Crippen molar-refractivity contribution in [3.8, 4) is 16.3 Å². The number of nitrogens with zero attached hydrogens (tertiary/aromatic N) is 2. The largest absolute Gasteiger partial charge is 0.497 e. The zero-order valence-electron chi connectivity index (χ0n) is 18.8. The van der Waals surface area contributed by atoms with Gasteiger partial charge in [-0.25, -0.2) is 4.98 Å². The summed E-state index contributed by atoms with van der Waals surface area (Å²) >= 11 is 3.38. The summed E-state index contributed by atoms with van der Waals surface area (Å²) in [6.45, 7) is 6.40. The van der Waals surface area contributed by atoms with Gasteiger partial charge in [0.1, 0.15) is 15.8 Å². The van der Waals surface area contributed by atoms with Crippen LogP contribution in [0.1, 0.15) is 34.6 Å². The van der Waals surface area contributed by atoms with Gasteiger partial charge in [-0.15, -0.1) is 35.1 Å². The Hall–Kier alpha value is -2.45. The predicted octanol–water partition coefficient (Wildman–Crippen LogP) is 6.47. The molecule has 5 nitrogen and oxygen atoms in total. The number of hydrogen-bond acceptors (Lipinski definition) is 6. The maximum absolute atomic E-state index is 13.1. The molecular formula is C25H26ClN3O2S2. The first-order valence-corrected chi connectivity index (χ1v) is 12.4. The minimum absolute atomic E-state index is 0. The Labute approximate surface area is 207 Å².